The predicted octanol–water partition coefficient (Wildman–Crippen LogP) is 3.87. The van der Waals surface area contributed by atoms with Crippen LogP contribution in [0.5, 0.6) is 5.75 Å². The molecule has 1 aliphatic rings. The van der Waals surface area contributed by atoms with Gasteiger partial charge in [0.05, 0.1) is 0 Å². The maximum Gasteiger partial charge on any atom is 0.263 e. The van der Waals surface area contributed by atoms with Crippen LogP contribution in [0.3, 0.4) is 0 Å². The van der Waals surface area contributed by atoms with Gasteiger partial charge in [-0.3, -0.25) is 9.59 Å². The predicted molar refractivity (Wildman–Crippen MR) is 119 cm³/mol. The number of amides is 2. The van der Waals surface area contributed by atoms with E-state index in [2.05, 4.69) is 15.5 Å². The number of nitrogens with one attached hydrogen (secondary N) is 1. The Labute approximate surface area is 186 Å². The third-order valence-electron chi connectivity index (χ3n) is 5.46. The summed E-state index contributed by atoms with van der Waals surface area (Å²) >= 11 is 0. The fourth-order valence-corrected chi connectivity index (χ4v) is 3.78. The van der Waals surface area contributed by atoms with Crippen molar-refractivity contribution in [1.29, 1.82) is 0 Å². The Bertz CT molecular complexity index is 1060. The lowest BCUT2D eigenvalue weighted by Gasteiger charge is -2.32. The number of likely N-dealkylation sites (tertiary alicyclic amines) is 1. The van der Waals surface area contributed by atoms with E-state index in [1.165, 1.54) is 6.92 Å². The molecule has 32 heavy (non-hydrogen) atoms. The van der Waals surface area contributed by atoms with Crippen molar-refractivity contribution in [3.63, 3.8) is 0 Å². The molecule has 1 aromatic heterocycles. The van der Waals surface area contributed by atoms with Gasteiger partial charge in [-0.15, -0.1) is 0 Å². The number of hydrogen-bond acceptors (Lipinski definition) is 6. The van der Waals surface area contributed by atoms with Crippen molar-refractivity contribution in [3.05, 3.63) is 60.5 Å². The first kappa shape index (κ1) is 21.5. The lowest BCUT2D eigenvalue weighted by atomic mass is 9.96. The second-order valence-corrected chi connectivity index (χ2v) is 7.89. The van der Waals surface area contributed by atoms with Gasteiger partial charge in [-0.05, 0) is 56.2 Å². The molecule has 166 valence electrons. The maximum absolute atomic E-state index is 12.8. The van der Waals surface area contributed by atoms with Crippen LogP contribution >= 0.6 is 0 Å². The van der Waals surface area contributed by atoms with Crippen LogP contribution in [-0.4, -0.2) is 46.0 Å². The lowest BCUT2D eigenvalue weighted by molar-refractivity contribution is -0.139. The monoisotopic (exact) mass is 434 g/mol. The molecule has 1 aliphatic heterocycles. The minimum atomic E-state index is -0.538. The van der Waals surface area contributed by atoms with Crippen LogP contribution < -0.4 is 10.1 Å². The molecule has 0 bridgehead atoms. The summed E-state index contributed by atoms with van der Waals surface area (Å²) in [6, 6.07) is 16.7. The van der Waals surface area contributed by atoms with E-state index < -0.39 is 6.10 Å². The first-order chi connectivity index (χ1) is 15.5. The summed E-state index contributed by atoms with van der Waals surface area (Å²) in [6.45, 7) is 4.49. The minimum Gasteiger partial charge on any atom is -0.481 e. The van der Waals surface area contributed by atoms with Crippen LogP contribution in [0.1, 0.15) is 38.5 Å². The van der Waals surface area contributed by atoms with Crippen molar-refractivity contribution in [1.82, 2.24) is 15.0 Å². The number of piperidine rings is 1. The largest absolute Gasteiger partial charge is 0.481 e. The van der Waals surface area contributed by atoms with Gasteiger partial charge in [0.2, 0.25) is 17.6 Å². The molecular formula is C24H26N4O4. The van der Waals surface area contributed by atoms with E-state index in [0.29, 0.717) is 36.2 Å². The Hall–Kier alpha value is -3.68. The van der Waals surface area contributed by atoms with Crippen LogP contribution in [0.25, 0.3) is 11.4 Å². The standard InChI is InChI=1S/C24H26N4O4/c1-16(31-21-6-4-3-5-7-21)24(30)28-14-12-19(13-15-28)23-26-22(27-32-23)18-8-10-20(11-9-18)25-17(2)29/h3-11,16,19H,12-15H2,1-2H3,(H,25,29)/t16-/m0/s1. The van der Waals surface area contributed by atoms with Crippen LogP contribution in [0.2, 0.25) is 0 Å². The zero-order valence-electron chi connectivity index (χ0n) is 18.2. The Morgan fingerprint density at radius 2 is 1.78 bits per heavy atom. The summed E-state index contributed by atoms with van der Waals surface area (Å²) in [5.41, 5.74) is 1.53. The van der Waals surface area contributed by atoms with E-state index >= 15 is 0 Å². The molecule has 0 spiro atoms. The molecule has 8 heteroatoms. The quantitative estimate of drug-likeness (QED) is 0.633. The van der Waals surface area contributed by atoms with Crippen molar-refractivity contribution >= 4 is 17.5 Å². The number of anilines is 1. The molecule has 1 atom stereocenters. The fourth-order valence-electron chi connectivity index (χ4n) is 3.78. The molecule has 8 nitrogen and oxygen atoms in total. The molecule has 1 N–H and O–H groups in total. The van der Waals surface area contributed by atoms with Crippen LogP contribution in [0.4, 0.5) is 5.69 Å². The molecule has 1 saturated heterocycles. The van der Waals surface area contributed by atoms with Gasteiger partial charge < -0.3 is 19.5 Å². The van der Waals surface area contributed by atoms with Crippen molar-refractivity contribution < 1.29 is 18.8 Å². The van der Waals surface area contributed by atoms with E-state index in [4.69, 9.17) is 9.26 Å². The Morgan fingerprint density at radius 3 is 2.44 bits per heavy atom. The maximum atomic E-state index is 12.8. The van der Waals surface area contributed by atoms with E-state index in [1.54, 1.807) is 19.1 Å². The average Bonchev–Trinajstić information content (AvgIpc) is 3.30. The number of aromatic nitrogens is 2. The summed E-state index contributed by atoms with van der Waals surface area (Å²) < 4.78 is 11.3. The third-order valence-corrected chi connectivity index (χ3v) is 5.46. The smallest absolute Gasteiger partial charge is 0.263 e. The van der Waals surface area contributed by atoms with Gasteiger partial charge in [-0.1, -0.05) is 23.4 Å². The SMILES string of the molecule is CC(=O)Nc1ccc(-c2noc(C3CCN(C(=O)[C@H](C)Oc4ccccc4)CC3)n2)cc1. The summed E-state index contributed by atoms with van der Waals surface area (Å²) in [4.78, 5) is 30.3. The third kappa shape index (κ3) is 5.14. The Morgan fingerprint density at radius 1 is 1.09 bits per heavy atom. The molecule has 2 amide bonds. The van der Waals surface area contributed by atoms with Gasteiger partial charge >= 0.3 is 0 Å². The van der Waals surface area contributed by atoms with Gasteiger partial charge in [0, 0.05) is 37.2 Å². The normalized spacial score (nSPS) is 15.2. The number of benzene rings is 2. The first-order valence-electron chi connectivity index (χ1n) is 10.7. The van der Waals surface area contributed by atoms with Gasteiger partial charge in [-0.25, -0.2) is 0 Å². The molecule has 1 fully saturated rings. The zero-order valence-corrected chi connectivity index (χ0v) is 18.2. The molecule has 2 aromatic carbocycles. The summed E-state index contributed by atoms with van der Waals surface area (Å²) in [7, 11) is 0. The molecule has 0 saturated carbocycles. The van der Waals surface area contributed by atoms with Crippen molar-refractivity contribution in [2.75, 3.05) is 18.4 Å². The number of hydrogen-bond donors (Lipinski definition) is 1. The number of ether oxygens (including phenoxy) is 1. The van der Waals surface area contributed by atoms with Gasteiger partial charge in [0.25, 0.3) is 5.91 Å². The van der Waals surface area contributed by atoms with Crippen LogP contribution in [0.15, 0.2) is 59.1 Å². The van der Waals surface area contributed by atoms with Crippen molar-refractivity contribution in [2.24, 2.45) is 0 Å². The zero-order chi connectivity index (χ0) is 22.5. The van der Waals surface area contributed by atoms with E-state index in [0.717, 1.165) is 18.4 Å². The number of rotatable bonds is 6. The lowest BCUT2D eigenvalue weighted by Crippen LogP contribution is -2.44. The van der Waals surface area contributed by atoms with E-state index in [1.807, 2.05) is 47.4 Å². The second-order valence-electron chi connectivity index (χ2n) is 7.89. The van der Waals surface area contributed by atoms with Gasteiger partial charge in [-0.2, -0.15) is 4.98 Å². The molecule has 0 unspecified atom stereocenters. The molecule has 0 aliphatic carbocycles. The summed E-state index contributed by atoms with van der Waals surface area (Å²) in [5, 5.41) is 6.84. The Balaban J connectivity index is 1.32. The fraction of sp³-hybridized carbons (Fsp3) is 0.333. The number of nitrogens with zero attached hydrogens (tertiary/aromatic N) is 3. The van der Waals surface area contributed by atoms with E-state index in [9.17, 15) is 9.59 Å². The molecule has 0 radical (unpaired) electrons. The molecular weight excluding hydrogens is 408 g/mol. The van der Waals surface area contributed by atoms with Crippen LogP contribution in [0, 0.1) is 0 Å². The highest BCUT2D eigenvalue weighted by atomic mass is 16.5. The van der Waals surface area contributed by atoms with Gasteiger partial charge in [0.15, 0.2) is 6.10 Å². The summed E-state index contributed by atoms with van der Waals surface area (Å²) in [6.07, 6.45) is 0.976. The molecule has 2 heterocycles. The van der Waals surface area contributed by atoms with Gasteiger partial charge in [0.1, 0.15) is 5.75 Å². The van der Waals surface area contributed by atoms with E-state index in [-0.39, 0.29) is 17.7 Å². The van der Waals surface area contributed by atoms with Crippen molar-refractivity contribution in [2.45, 2.75) is 38.7 Å². The number of carbonyl (C=O) groups excluding carboxylic acids is 2. The minimum absolute atomic E-state index is 0.0159. The second kappa shape index (κ2) is 9.64. The number of para-hydroxylation sites is 1. The highest BCUT2D eigenvalue weighted by Gasteiger charge is 2.30. The first-order valence-corrected chi connectivity index (χ1v) is 10.7. The van der Waals surface area contributed by atoms with Crippen molar-refractivity contribution in [3.8, 4) is 17.1 Å². The summed E-state index contributed by atoms with van der Waals surface area (Å²) in [5.74, 6) is 1.77. The molecule has 3 aromatic rings. The average molecular weight is 434 g/mol. The highest BCUT2D eigenvalue weighted by Crippen LogP contribution is 2.29. The topological polar surface area (TPSA) is 97.6 Å². The number of carbonyl (C=O) groups is 2. The highest BCUT2D eigenvalue weighted by molar-refractivity contribution is 5.88. The van der Waals surface area contributed by atoms with Crippen LogP contribution in [-0.2, 0) is 9.59 Å². The Kier molecular flexibility index (Phi) is 6.49. The molecule has 4 rings (SSSR count).